The Hall–Kier alpha value is -7.86. The first-order valence-corrected chi connectivity index (χ1v) is 18.3. The van der Waals surface area contributed by atoms with Crippen LogP contribution in [-0.4, -0.2) is 13.7 Å². The van der Waals surface area contributed by atoms with Crippen molar-refractivity contribution in [3.05, 3.63) is 187 Å². The number of hydrogen-bond acceptors (Lipinski definition) is 2. The number of fused-ring (bicyclic) bond motifs is 9. The maximum Gasteiger partial charge on any atom is 0.101 e. The molecule has 0 N–H and O–H groups in total. The van der Waals surface area contributed by atoms with Gasteiger partial charge in [0.2, 0.25) is 0 Å². The van der Waals surface area contributed by atoms with Gasteiger partial charge in [-0.2, -0.15) is 10.5 Å². The van der Waals surface area contributed by atoms with Gasteiger partial charge in [-0.25, -0.2) is 0 Å². The van der Waals surface area contributed by atoms with Crippen LogP contribution in [0.4, 0.5) is 0 Å². The number of para-hydroxylation sites is 4. The Balaban J connectivity index is 1.05. The number of aromatic nitrogens is 3. The first kappa shape index (κ1) is 30.7. The molecule has 0 amide bonds. The number of benzene rings is 8. The summed E-state index contributed by atoms with van der Waals surface area (Å²) in [6, 6.07) is 65.9. The van der Waals surface area contributed by atoms with E-state index in [0.29, 0.717) is 11.1 Å². The fourth-order valence-corrected chi connectivity index (χ4v) is 8.68. The van der Waals surface area contributed by atoms with E-state index in [2.05, 4.69) is 165 Å². The zero-order chi connectivity index (χ0) is 36.6. The molecule has 3 aromatic heterocycles. The molecule has 5 heteroatoms. The molecule has 0 bridgehead atoms. The monoisotopic (exact) mass is 699 g/mol. The summed E-state index contributed by atoms with van der Waals surface area (Å²) in [4.78, 5) is 0. The van der Waals surface area contributed by atoms with Gasteiger partial charge in [0.25, 0.3) is 0 Å². The second kappa shape index (κ2) is 11.8. The third kappa shape index (κ3) is 4.51. The van der Waals surface area contributed by atoms with E-state index in [9.17, 15) is 10.5 Å². The van der Waals surface area contributed by atoms with Crippen molar-refractivity contribution in [3.63, 3.8) is 0 Å². The minimum atomic E-state index is 0.595. The van der Waals surface area contributed by atoms with Crippen LogP contribution in [0, 0.1) is 22.7 Å². The van der Waals surface area contributed by atoms with Crippen molar-refractivity contribution in [1.29, 1.82) is 10.5 Å². The summed E-state index contributed by atoms with van der Waals surface area (Å²) < 4.78 is 6.80. The van der Waals surface area contributed by atoms with Crippen molar-refractivity contribution in [1.82, 2.24) is 13.7 Å². The van der Waals surface area contributed by atoms with E-state index in [4.69, 9.17) is 0 Å². The van der Waals surface area contributed by atoms with Crippen LogP contribution in [0.15, 0.2) is 176 Å². The maximum atomic E-state index is 10.7. The summed E-state index contributed by atoms with van der Waals surface area (Å²) in [6.07, 6.45) is 0. The van der Waals surface area contributed by atoms with Gasteiger partial charge < -0.3 is 13.7 Å². The molecule has 5 nitrogen and oxygen atoms in total. The molecule has 0 radical (unpaired) electrons. The molecular weight excluding hydrogens is 671 g/mol. The molecule has 11 rings (SSSR count). The predicted octanol–water partition coefficient (Wildman–Crippen LogP) is 12.4. The third-order valence-electron chi connectivity index (χ3n) is 11.1. The maximum absolute atomic E-state index is 10.7. The predicted molar refractivity (Wildman–Crippen MR) is 224 cm³/mol. The summed E-state index contributed by atoms with van der Waals surface area (Å²) >= 11 is 0. The van der Waals surface area contributed by atoms with E-state index in [-0.39, 0.29) is 0 Å². The normalized spacial score (nSPS) is 11.6. The third-order valence-corrected chi connectivity index (χ3v) is 11.1. The summed E-state index contributed by atoms with van der Waals surface area (Å²) in [5, 5.41) is 27.3. The fourth-order valence-electron chi connectivity index (χ4n) is 8.68. The average molecular weight is 700 g/mol. The van der Waals surface area contributed by atoms with Crippen LogP contribution >= 0.6 is 0 Å². The van der Waals surface area contributed by atoms with Crippen LogP contribution in [0.2, 0.25) is 0 Å². The standard InChI is InChI=1S/C50H29N5/c51-30-32-17-24-42-40-11-3-5-13-45(40)53(49(42)27-32)36-21-18-33(19-22-36)34-20-26-44(35(28-34)31-52)55-48-16-8-4-12-41(48)43-25-23-37(29-50(43)55)54-46-14-6-1-9-38(46)39-10-2-7-15-47(39)54/h1-29H. The highest BCUT2D eigenvalue weighted by molar-refractivity contribution is 6.12. The van der Waals surface area contributed by atoms with Gasteiger partial charge >= 0.3 is 0 Å². The van der Waals surface area contributed by atoms with Crippen LogP contribution in [0.5, 0.6) is 0 Å². The minimum absolute atomic E-state index is 0.595. The summed E-state index contributed by atoms with van der Waals surface area (Å²) in [7, 11) is 0. The van der Waals surface area contributed by atoms with Crippen LogP contribution in [0.3, 0.4) is 0 Å². The molecule has 0 aliphatic carbocycles. The minimum Gasteiger partial charge on any atom is -0.309 e. The highest BCUT2D eigenvalue weighted by atomic mass is 15.0. The van der Waals surface area contributed by atoms with E-state index in [1.807, 2.05) is 36.4 Å². The van der Waals surface area contributed by atoms with Crippen LogP contribution in [0.1, 0.15) is 11.1 Å². The molecule has 0 spiro atoms. The topological polar surface area (TPSA) is 62.4 Å². The first-order valence-electron chi connectivity index (χ1n) is 18.3. The van der Waals surface area contributed by atoms with Gasteiger partial charge in [-0.05, 0) is 83.9 Å². The Kier molecular flexibility index (Phi) is 6.61. The van der Waals surface area contributed by atoms with Crippen LogP contribution in [-0.2, 0) is 0 Å². The second-order valence-electron chi connectivity index (χ2n) is 14.0. The average Bonchev–Trinajstić information content (AvgIpc) is 3.88. The quantitative estimate of drug-likeness (QED) is 0.184. The lowest BCUT2D eigenvalue weighted by atomic mass is 10.0. The van der Waals surface area contributed by atoms with E-state index in [0.717, 1.165) is 82.8 Å². The van der Waals surface area contributed by atoms with E-state index in [1.54, 1.807) is 0 Å². The number of nitrogens with zero attached hydrogens (tertiary/aromatic N) is 5. The molecule has 0 unspecified atom stereocenters. The molecule has 0 aliphatic heterocycles. The van der Waals surface area contributed by atoms with Gasteiger partial charge in [-0.15, -0.1) is 0 Å². The summed E-state index contributed by atoms with van der Waals surface area (Å²) in [6.45, 7) is 0. The van der Waals surface area contributed by atoms with Gasteiger partial charge in [-0.1, -0.05) is 103 Å². The number of hydrogen-bond donors (Lipinski definition) is 0. The molecule has 55 heavy (non-hydrogen) atoms. The van der Waals surface area contributed by atoms with E-state index < -0.39 is 0 Å². The Morgan fingerprint density at radius 3 is 1.35 bits per heavy atom. The number of rotatable bonds is 4. The first-order chi connectivity index (χ1) is 27.2. The zero-order valence-corrected chi connectivity index (χ0v) is 29.5. The van der Waals surface area contributed by atoms with Crippen molar-refractivity contribution in [2.75, 3.05) is 0 Å². The zero-order valence-electron chi connectivity index (χ0n) is 29.5. The molecule has 0 saturated carbocycles. The molecule has 0 fully saturated rings. The molecule has 11 aromatic rings. The molecular formula is C50H29N5. The molecule has 3 heterocycles. The van der Waals surface area contributed by atoms with Crippen molar-refractivity contribution in [2.45, 2.75) is 0 Å². The fraction of sp³-hybridized carbons (Fsp3) is 0. The highest BCUT2D eigenvalue weighted by Gasteiger charge is 2.19. The van der Waals surface area contributed by atoms with Crippen molar-refractivity contribution in [2.24, 2.45) is 0 Å². The van der Waals surface area contributed by atoms with E-state index in [1.165, 1.54) is 10.8 Å². The SMILES string of the molecule is N#Cc1ccc2c3ccccc3n(-c3ccc(-c4ccc(-n5c6ccccc6c6ccc(-n7c8ccccc8c8ccccc87)cc65)c(C#N)c4)cc3)c2c1. The van der Waals surface area contributed by atoms with E-state index >= 15 is 0 Å². The van der Waals surface area contributed by atoms with Gasteiger partial charge in [0.15, 0.2) is 0 Å². The molecule has 8 aromatic carbocycles. The Morgan fingerprint density at radius 1 is 0.327 bits per heavy atom. The largest absolute Gasteiger partial charge is 0.309 e. The van der Waals surface area contributed by atoms with Crippen LogP contribution < -0.4 is 0 Å². The highest BCUT2D eigenvalue weighted by Crippen LogP contribution is 2.39. The Labute approximate surface area is 316 Å². The summed E-state index contributed by atoms with van der Waals surface area (Å²) in [5.74, 6) is 0. The van der Waals surface area contributed by atoms with Gasteiger partial charge in [0.1, 0.15) is 6.07 Å². The number of nitriles is 2. The lowest BCUT2D eigenvalue weighted by molar-refractivity contribution is 1.15. The van der Waals surface area contributed by atoms with Gasteiger partial charge in [0, 0.05) is 43.7 Å². The Bertz CT molecular complexity index is 3400. The van der Waals surface area contributed by atoms with Crippen molar-refractivity contribution < 1.29 is 0 Å². The van der Waals surface area contributed by atoms with Gasteiger partial charge in [0.05, 0.1) is 56.0 Å². The molecule has 254 valence electrons. The lowest BCUT2D eigenvalue weighted by Crippen LogP contribution is -1.99. The lowest BCUT2D eigenvalue weighted by Gasteiger charge is -2.14. The molecule has 0 atom stereocenters. The van der Waals surface area contributed by atoms with Crippen molar-refractivity contribution >= 4 is 65.4 Å². The Morgan fingerprint density at radius 2 is 0.782 bits per heavy atom. The smallest absolute Gasteiger partial charge is 0.101 e. The second-order valence-corrected chi connectivity index (χ2v) is 14.0. The van der Waals surface area contributed by atoms with Gasteiger partial charge in [-0.3, -0.25) is 0 Å². The van der Waals surface area contributed by atoms with Crippen molar-refractivity contribution in [3.8, 4) is 40.3 Å². The molecule has 0 saturated heterocycles. The van der Waals surface area contributed by atoms with Crippen LogP contribution in [0.25, 0.3) is 93.6 Å². The molecule has 0 aliphatic rings. The summed E-state index contributed by atoms with van der Waals surface area (Å²) in [5.41, 5.74) is 12.6.